The van der Waals surface area contributed by atoms with E-state index in [1.165, 1.54) is 16.8 Å². The van der Waals surface area contributed by atoms with Gasteiger partial charge in [-0.3, -0.25) is 4.90 Å². The number of nitrogens with zero attached hydrogens (tertiary/aromatic N) is 2. The van der Waals surface area contributed by atoms with Crippen molar-refractivity contribution in [3.8, 4) is 5.75 Å². The normalized spacial score (nSPS) is 13.1. The summed E-state index contributed by atoms with van der Waals surface area (Å²) in [5, 5.41) is 3.15. The summed E-state index contributed by atoms with van der Waals surface area (Å²) in [5.41, 5.74) is 5.75. The maximum atomic E-state index is 13.1. The van der Waals surface area contributed by atoms with Crippen LogP contribution in [0.25, 0.3) is 0 Å². The molecular weight excluding hydrogens is 422 g/mol. The second-order valence-corrected chi connectivity index (χ2v) is 8.82. The van der Waals surface area contributed by atoms with Crippen molar-refractivity contribution in [3.63, 3.8) is 0 Å². The molecular formula is C29H35N3O2. The van der Waals surface area contributed by atoms with E-state index in [0.29, 0.717) is 13.2 Å². The summed E-state index contributed by atoms with van der Waals surface area (Å²) in [5.74, 6) is 0.849. The number of rotatable bonds is 8. The second kappa shape index (κ2) is 11.6. The molecule has 0 saturated heterocycles. The quantitative estimate of drug-likeness (QED) is 0.454. The lowest BCUT2D eigenvalue weighted by Crippen LogP contribution is -2.43. The van der Waals surface area contributed by atoms with Crippen molar-refractivity contribution in [2.45, 2.75) is 39.7 Å². The highest BCUT2D eigenvalue weighted by molar-refractivity contribution is 5.93. The lowest BCUT2D eigenvalue weighted by Gasteiger charge is -2.26. The van der Waals surface area contributed by atoms with Crippen molar-refractivity contribution in [1.29, 1.82) is 0 Å². The third-order valence-corrected chi connectivity index (χ3v) is 6.32. The summed E-state index contributed by atoms with van der Waals surface area (Å²) >= 11 is 0. The number of aryl methyl sites for hydroxylation is 2. The third kappa shape index (κ3) is 6.10. The van der Waals surface area contributed by atoms with Gasteiger partial charge in [-0.05, 0) is 80.1 Å². The molecule has 0 saturated carbocycles. The summed E-state index contributed by atoms with van der Waals surface area (Å²) < 4.78 is 6.02. The number of carbonyl (C=O) groups is 1. The summed E-state index contributed by atoms with van der Waals surface area (Å²) in [4.78, 5) is 17.3. The average molecular weight is 458 g/mol. The minimum absolute atomic E-state index is 0.0265. The molecule has 5 nitrogen and oxygen atoms in total. The van der Waals surface area contributed by atoms with Crippen LogP contribution in [-0.4, -0.2) is 32.2 Å². The largest absolute Gasteiger partial charge is 0.489 e. The lowest BCUT2D eigenvalue weighted by molar-refractivity contribution is 0.246. The van der Waals surface area contributed by atoms with Gasteiger partial charge in [0.1, 0.15) is 12.4 Å². The van der Waals surface area contributed by atoms with Crippen LogP contribution in [0.5, 0.6) is 5.75 Å². The smallest absolute Gasteiger partial charge is 0.321 e. The maximum absolute atomic E-state index is 13.1. The Bertz CT molecular complexity index is 1080. The number of hydrogen-bond donors (Lipinski definition) is 1. The molecule has 1 N–H and O–H groups in total. The molecule has 0 unspecified atom stereocenters. The van der Waals surface area contributed by atoms with Crippen molar-refractivity contribution in [3.05, 3.63) is 89.5 Å². The van der Waals surface area contributed by atoms with Crippen LogP contribution in [0.15, 0.2) is 72.8 Å². The van der Waals surface area contributed by atoms with Crippen LogP contribution in [0.2, 0.25) is 0 Å². The van der Waals surface area contributed by atoms with Crippen LogP contribution in [0.4, 0.5) is 16.2 Å². The monoisotopic (exact) mass is 457 g/mol. The van der Waals surface area contributed by atoms with Gasteiger partial charge in [0.2, 0.25) is 0 Å². The number of likely N-dealkylation sites (N-methyl/N-ethyl adjacent to an activating group) is 1. The zero-order valence-corrected chi connectivity index (χ0v) is 20.3. The molecule has 2 amide bonds. The Morgan fingerprint density at radius 2 is 1.88 bits per heavy atom. The first kappa shape index (κ1) is 23.7. The standard InChI is InChI=1S/C29H35N3O2/c1-3-31(26-14-9-10-23(2)20-26)19-17-30-29(33)32-18-8-7-13-25-21-27(15-16-28(25)32)34-22-24-11-5-4-6-12-24/h4-6,9-12,14-16,20-21H,3,7-8,13,17-19,22H2,1-2H3,(H,30,33). The molecule has 1 aliphatic rings. The highest BCUT2D eigenvalue weighted by Crippen LogP contribution is 2.30. The fourth-order valence-corrected chi connectivity index (χ4v) is 4.46. The zero-order chi connectivity index (χ0) is 23.8. The van der Waals surface area contributed by atoms with E-state index in [0.717, 1.165) is 55.9 Å². The minimum atomic E-state index is -0.0265. The van der Waals surface area contributed by atoms with Gasteiger partial charge in [0.15, 0.2) is 0 Å². The average Bonchev–Trinajstić information content (AvgIpc) is 3.08. The number of anilines is 2. The van der Waals surface area contributed by atoms with E-state index in [4.69, 9.17) is 4.74 Å². The fourth-order valence-electron chi connectivity index (χ4n) is 4.46. The Morgan fingerprint density at radius 3 is 2.68 bits per heavy atom. The SMILES string of the molecule is CCN(CCNC(=O)N1CCCCc2cc(OCc3ccccc3)ccc21)c1cccc(C)c1. The van der Waals surface area contributed by atoms with Gasteiger partial charge in [0, 0.05) is 37.6 Å². The van der Waals surface area contributed by atoms with Crippen LogP contribution in [0.3, 0.4) is 0 Å². The van der Waals surface area contributed by atoms with Gasteiger partial charge < -0.3 is 15.0 Å². The first-order valence-electron chi connectivity index (χ1n) is 12.3. The van der Waals surface area contributed by atoms with E-state index in [1.807, 2.05) is 35.2 Å². The third-order valence-electron chi connectivity index (χ3n) is 6.32. The lowest BCUT2D eigenvalue weighted by atomic mass is 10.1. The van der Waals surface area contributed by atoms with Crippen LogP contribution in [-0.2, 0) is 13.0 Å². The first-order valence-corrected chi connectivity index (χ1v) is 12.3. The predicted octanol–water partition coefficient (Wildman–Crippen LogP) is 5.95. The number of fused-ring (bicyclic) bond motifs is 1. The van der Waals surface area contributed by atoms with Crippen LogP contribution >= 0.6 is 0 Å². The molecule has 1 heterocycles. The number of urea groups is 1. The van der Waals surface area contributed by atoms with Gasteiger partial charge in [-0.1, -0.05) is 42.5 Å². The molecule has 0 radical (unpaired) electrons. The predicted molar refractivity (Wildman–Crippen MR) is 140 cm³/mol. The van der Waals surface area contributed by atoms with Crippen molar-refractivity contribution in [1.82, 2.24) is 5.32 Å². The number of benzene rings is 3. The molecule has 34 heavy (non-hydrogen) atoms. The zero-order valence-electron chi connectivity index (χ0n) is 20.3. The van der Waals surface area contributed by atoms with E-state index >= 15 is 0 Å². The highest BCUT2D eigenvalue weighted by Gasteiger charge is 2.21. The van der Waals surface area contributed by atoms with E-state index in [-0.39, 0.29) is 6.03 Å². The van der Waals surface area contributed by atoms with Crippen LogP contribution < -0.4 is 19.9 Å². The topological polar surface area (TPSA) is 44.8 Å². The maximum Gasteiger partial charge on any atom is 0.321 e. The number of hydrogen-bond acceptors (Lipinski definition) is 3. The molecule has 0 atom stereocenters. The van der Waals surface area contributed by atoms with Crippen LogP contribution in [0.1, 0.15) is 36.5 Å². The molecule has 4 rings (SSSR count). The van der Waals surface area contributed by atoms with Gasteiger partial charge in [-0.25, -0.2) is 4.79 Å². The Kier molecular flexibility index (Phi) is 8.08. The molecule has 0 fully saturated rings. The van der Waals surface area contributed by atoms with Gasteiger partial charge >= 0.3 is 6.03 Å². The second-order valence-electron chi connectivity index (χ2n) is 8.82. The van der Waals surface area contributed by atoms with Gasteiger partial charge in [0.25, 0.3) is 0 Å². The molecule has 0 aromatic heterocycles. The molecule has 3 aromatic carbocycles. The Labute approximate surface area is 203 Å². The summed E-state index contributed by atoms with van der Waals surface area (Å²) in [6.45, 7) is 7.80. The van der Waals surface area contributed by atoms with Crippen molar-refractivity contribution < 1.29 is 9.53 Å². The fraction of sp³-hybridized carbons (Fsp3) is 0.345. The molecule has 0 aliphatic carbocycles. The summed E-state index contributed by atoms with van der Waals surface area (Å²) in [6.07, 6.45) is 3.02. The van der Waals surface area contributed by atoms with Gasteiger partial charge in [0.05, 0.1) is 0 Å². The molecule has 3 aromatic rings. The first-order chi connectivity index (χ1) is 16.6. The van der Waals surface area contributed by atoms with E-state index in [2.05, 4.69) is 66.5 Å². The molecule has 5 heteroatoms. The van der Waals surface area contributed by atoms with Gasteiger partial charge in [-0.15, -0.1) is 0 Å². The van der Waals surface area contributed by atoms with Crippen molar-refractivity contribution >= 4 is 17.4 Å². The number of amides is 2. The van der Waals surface area contributed by atoms with Crippen LogP contribution in [0, 0.1) is 6.92 Å². The molecule has 1 aliphatic heterocycles. The molecule has 0 spiro atoms. The summed E-state index contributed by atoms with van der Waals surface area (Å²) in [7, 11) is 0. The van der Waals surface area contributed by atoms with Gasteiger partial charge in [-0.2, -0.15) is 0 Å². The van der Waals surface area contributed by atoms with Crippen molar-refractivity contribution in [2.24, 2.45) is 0 Å². The minimum Gasteiger partial charge on any atom is -0.489 e. The number of ether oxygens (including phenoxy) is 1. The molecule has 0 bridgehead atoms. The Balaban J connectivity index is 1.37. The van der Waals surface area contributed by atoms with Crippen molar-refractivity contribution in [2.75, 3.05) is 36.0 Å². The number of carbonyl (C=O) groups excluding carboxylic acids is 1. The van der Waals surface area contributed by atoms with E-state index < -0.39 is 0 Å². The Hall–Kier alpha value is -3.47. The van der Waals surface area contributed by atoms with E-state index in [1.54, 1.807) is 0 Å². The van der Waals surface area contributed by atoms with E-state index in [9.17, 15) is 4.79 Å². The highest BCUT2D eigenvalue weighted by atomic mass is 16.5. The molecule has 178 valence electrons. The summed E-state index contributed by atoms with van der Waals surface area (Å²) in [6, 6.07) is 24.8. The Morgan fingerprint density at radius 1 is 1.03 bits per heavy atom. The number of nitrogens with one attached hydrogen (secondary N) is 1.